The number of aryl methyl sites for hydroxylation is 1. The molecule has 1 heterocycles. The lowest BCUT2D eigenvalue weighted by Gasteiger charge is -2.13. The fraction of sp³-hybridized carbons (Fsp3) is 0.769. The normalized spacial score (nSPS) is 12.9. The molecule has 3 nitrogen and oxygen atoms in total. The van der Waals surface area contributed by atoms with Crippen molar-refractivity contribution >= 4 is 0 Å². The summed E-state index contributed by atoms with van der Waals surface area (Å²) in [6.45, 7) is 6.24. The van der Waals surface area contributed by atoms with E-state index in [-0.39, 0.29) is 5.88 Å². The van der Waals surface area contributed by atoms with Crippen molar-refractivity contribution in [2.24, 2.45) is 0 Å². The number of unbranched alkanes of at least 4 members (excludes halogenated alkanes) is 3. The van der Waals surface area contributed by atoms with Gasteiger partial charge in [-0.15, -0.1) is 0 Å². The summed E-state index contributed by atoms with van der Waals surface area (Å²) in [5.74, 6) is 1.24. The first kappa shape index (κ1) is 13.1. The van der Waals surface area contributed by atoms with E-state index in [4.69, 9.17) is 4.52 Å². The Balaban J connectivity index is 2.54. The number of hydrogen-bond donors (Lipinski definition) is 1. The zero-order valence-corrected chi connectivity index (χ0v) is 10.6. The van der Waals surface area contributed by atoms with E-state index in [1.165, 1.54) is 25.7 Å². The first-order valence-corrected chi connectivity index (χ1v) is 6.35. The number of hydrogen-bond acceptors (Lipinski definition) is 3. The van der Waals surface area contributed by atoms with E-state index in [9.17, 15) is 5.11 Å². The topological polar surface area (TPSA) is 46.3 Å². The Hall–Kier alpha value is -0.990. The highest BCUT2D eigenvalue weighted by molar-refractivity contribution is 5.30. The summed E-state index contributed by atoms with van der Waals surface area (Å²) in [4.78, 5) is 0. The number of aromatic hydroxyl groups is 1. The minimum Gasteiger partial charge on any atom is -0.491 e. The summed E-state index contributed by atoms with van der Waals surface area (Å²) in [5, 5.41) is 13.2. The molecule has 92 valence electrons. The van der Waals surface area contributed by atoms with Crippen molar-refractivity contribution in [2.75, 3.05) is 0 Å². The molecule has 0 fully saturated rings. The van der Waals surface area contributed by atoms with Crippen molar-refractivity contribution in [3.05, 3.63) is 11.3 Å². The van der Waals surface area contributed by atoms with Crippen molar-refractivity contribution in [2.45, 2.75) is 65.2 Å². The van der Waals surface area contributed by atoms with Gasteiger partial charge in [-0.3, -0.25) is 0 Å². The molecule has 1 unspecified atom stereocenters. The highest BCUT2D eigenvalue weighted by atomic mass is 16.5. The van der Waals surface area contributed by atoms with Gasteiger partial charge in [-0.1, -0.05) is 39.5 Å². The fourth-order valence-corrected chi connectivity index (χ4v) is 2.21. The molecule has 0 aliphatic heterocycles. The molecule has 1 aromatic rings. The highest BCUT2D eigenvalue weighted by Gasteiger charge is 2.20. The summed E-state index contributed by atoms with van der Waals surface area (Å²) in [6.07, 6.45) is 7.20. The molecular formula is C13H23NO2. The minimum atomic E-state index is 0.0832. The molecule has 1 rings (SSSR count). The predicted octanol–water partition coefficient (Wildman–Crippen LogP) is 4.15. The third-order valence-electron chi connectivity index (χ3n) is 3.20. The van der Waals surface area contributed by atoms with Gasteiger partial charge in [0.1, 0.15) is 5.76 Å². The van der Waals surface area contributed by atoms with Gasteiger partial charge in [0.15, 0.2) is 0 Å². The van der Waals surface area contributed by atoms with Gasteiger partial charge in [0.2, 0.25) is 0 Å². The smallest absolute Gasteiger partial charge is 0.255 e. The van der Waals surface area contributed by atoms with Crippen LogP contribution in [0.25, 0.3) is 0 Å². The van der Waals surface area contributed by atoms with Crippen LogP contribution in [0.5, 0.6) is 5.88 Å². The van der Waals surface area contributed by atoms with E-state index < -0.39 is 0 Å². The molecule has 0 aromatic carbocycles. The average Bonchev–Trinajstić information content (AvgIpc) is 2.60. The fourth-order valence-electron chi connectivity index (χ4n) is 2.21. The lowest BCUT2D eigenvalue weighted by Crippen LogP contribution is -1.98. The zero-order chi connectivity index (χ0) is 12.0. The Morgan fingerprint density at radius 2 is 2.00 bits per heavy atom. The molecule has 0 amide bonds. The van der Waals surface area contributed by atoms with Crippen molar-refractivity contribution in [1.29, 1.82) is 0 Å². The third kappa shape index (κ3) is 3.26. The van der Waals surface area contributed by atoms with E-state index in [0.717, 1.165) is 24.2 Å². The second kappa shape index (κ2) is 6.56. The molecule has 0 saturated carbocycles. The Bertz CT molecular complexity index is 287. The maximum atomic E-state index is 9.63. The Morgan fingerprint density at radius 3 is 2.50 bits per heavy atom. The summed E-state index contributed by atoms with van der Waals surface area (Å²) >= 11 is 0. The summed E-state index contributed by atoms with van der Waals surface area (Å²) in [5.41, 5.74) is 0.916. The number of rotatable bonds is 7. The van der Waals surface area contributed by atoms with Gasteiger partial charge in [-0.05, 0) is 30.8 Å². The van der Waals surface area contributed by atoms with Crippen LogP contribution >= 0.6 is 0 Å². The summed E-state index contributed by atoms with van der Waals surface area (Å²) < 4.78 is 5.01. The molecule has 0 radical (unpaired) electrons. The van der Waals surface area contributed by atoms with Crippen molar-refractivity contribution in [1.82, 2.24) is 5.16 Å². The lowest BCUT2D eigenvalue weighted by atomic mass is 9.91. The zero-order valence-electron chi connectivity index (χ0n) is 10.6. The van der Waals surface area contributed by atoms with Crippen molar-refractivity contribution in [3.8, 4) is 5.88 Å². The molecule has 0 spiro atoms. The van der Waals surface area contributed by atoms with E-state index in [0.29, 0.717) is 5.92 Å². The quantitative estimate of drug-likeness (QED) is 0.709. The number of nitrogens with zero attached hydrogens (tertiary/aromatic N) is 1. The largest absolute Gasteiger partial charge is 0.491 e. The molecular weight excluding hydrogens is 202 g/mol. The molecule has 1 aromatic heterocycles. The van der Waals surface area contributed by atoms with Crippen LogP contribution in [0.2, 0.25) is 0 Å². The average molecular weight is 225 g/mol. The van der Waals surface area contributed by atoms with Crippen LogP contribution in [-0.4, -0.2) is 10.3 Å². The Kier molecular flexibility index (Phi) is 5.36. The lowest BCUT2D eigenvalue weighted by molar-refractivity contribution is 0.348. The summed E-state index contributed by atoms with van der Waals surface area (Å²) in [7, 11) is 0. The van der Waals surface area contributed by atoms with Crippen LogP contribution in [-0.2, 0) is 0 Å². The summed E-state index contributed by atoms with van der Waals surface area (Å²) in [6, 6.07) is 0. The van der Waals surface area contributed by atoms with Crippen LogP contribution < -0.4 is 0 Å². The second-order valence-electron chi connectivity index (χ2n) is 4.43. The molecule has 0 saturated heterocycles. The minimum absolute atomic E-state index is 0.0832. The first-order chi connectivity index (χ1) is 7.70. The van der Waals surface area contributed by atoms with Crippen LogP contribution in [0.15, 0.2) is 4.52 Å². The molecule has 16 heavy (non-hydrogen) atoms. The Labute approximate surface area is 97.8 Å². The van der Waals surface area contributed by atoms with Gasteiger partial charge in [0.25, 0.3) is 5.88 Å². The van der Waals surface area contributed by atoms with E-state index >= 15 is 0 Å². The molecule has 1 N–H and O–H groups in total. The standard InChI is InChI=1S/C13H23NO2/c1-4-6-7-8-9-11(5-2)12-10(3)16-14-13(12)15/h11H,4-9H2,1-3H3,(H,14,15). The van der Waals surface area contributed by atoms with Gasteiger partial charge in [0.05, 0.1) is 5.56 Å². The number of aromatic nitrogens is 1. The molecule has 3 heteroatoms. The van der Waals surface area contributed by atoms with Crippen molar-refractivity contribution in [3.63, 3.8) is 0 Å². The van der Waals surface area contributed by atoms with Gasteiger partial charge in [0, 0.05) is 0 Å². The van der Waals surface area contributed by atoms with Crippen molar-refractivity contribution < 1.29 is 9.63 Å². The molecule has 1 atom stereocenters. The van der Waals surface area contributed by atoms with Crippen LogP contribution in [0.4, 0.5) is 0 Å². The van der Waals surface area contributed by atoms with Gasteiger partial charge in [-0.25, -0.2) is 0 Å². The highest BCUT2D eigenvalue weighted by Crippen LogP contribution is 2.34. The maximum absolute atomic E-state index is 9.63. The van der Waals surface area contributed by atoms with Crippen LogP contribution in [0.1, 0.15) is 69.6 Å². The third-order valence-corrected chi connectivity index (χ3v) is 3.20. The van der Waals surface area contributed by atoms with Gasteiger partial charge in [-0.2, -0.15) is 0 Å². The molecule has 0 aliphatic rings. The van der Waals surface area contributed by atoms with E-state index in [2.05, 4.69) is 19.0 Å². The van der Waals surface area contributed by atoms with Gasteiger partial charge < -0.3 is 9.63 Å². The van der Waals surface area contributed by atoms with Gasteiger partial charge >= 0.3 is 0 Å². The second-order valence-corrected chi connectivity index (χ2v) is 4.43. The molecule has 0 bridgehead atoms. The maximum Gasteiger partial charge on any atom is 0.255 e. The molecule has 0 aliphatic carbocycles. The van der Waals surface area contributed by atoms with E-state index in [1.54, 1.807) is 0 Å². The monoisotopic (exact) mass is 225 g/mol. The Morgan fingerprint density at radius 1 is 1.25 bits per heavy atom. The van der Waals surface area contributed by atoms with E-state index in [1.807, 2.05) is 6.92 Å². The SMILES string of the molecule is CCCCCCC(CC)c1c(O)noc1C. The predicted molar refractivity (Wildman–Crippen MR) is 64.7 cm³/mol. The van der Waals surface area contributed by atoms with Crippen LogP contribution in [0.3, 0.4) is 0 Å². The van der Waals surface area contributed by atoms with Crippen LogP contribution in [0, 0.1) is 6.92 Å². The first-order valence-electron chi connectivity index (χ1n) is 6.35.